The Balaban J connectivity index is 2.09. The van der Waals surface area contributed by atoms with Crippen molar-refractivity contribution in [1.29, 1.82) is 0 Å². The number of anilines is 1. The van der Waals surface area contributed by atoms with Gasteiger partial charge in [0, 0.05) is 13.1 Å². The lowest BCUT2D eigenvalue weighted by Crippen LogP contribution is -2.41. The molecule has 1 saturated heterocycles. The summed E-state index contributed by atoms with van der Waals surface area (Å²) >= 11 is 1.97. The SMILES string of the molecule is O=c1[nH]cnc(NN2CCOCC2)c1I. The number of H-pyrrole nitrogens is 1. The van der Waals surface area contributed by atoms with Crippen LogP contribution >= 0.6 is 22.6 Å². The van der Waals surface area contributed by atoms with Gasteiger partial charge in [0.2, 0.25) is 0 Å². The molecule has 1 aliphatic rings. The van der Waals surface area contributed by atoms with E-state index in [-0.39, 0.29) is 5.56 Å². The Morgan fingerprint density at radius 3 is 3.00 bits per heavy atom. The molecule has 1 aromatic heterocycles. The Kier molecular flexibility index (Phi) is 3.54. The first-order valence-corrected chi connectivity index (χ1v) is 5.68. The quantitative estimate of drug-likeness (QED) is 0.752. The first kappa shape index (κ1) is 10.8. The molecule has 2 N–H and O–H groups in total. The molecule has 0 saturated carbocycles. The summed E-state index contributed by atoms with van der Waals surface area (Å²) in [6.45, 7) is 2.99. The summed E-state index contributed by atoms with van der Waals surface area (Å²) in [5.41, 5.74) is 2.98. The predicted octanol–water partition coefficient (Wildman–Crippen LogP) is 0.0336. The van der Waals surface area contributed by atoms with Crippen molar-refractivity contribution in [2.75, 3.05) is 31.7 Å². The second-order valence-electron chi connectivity index (χ2n) is 3.11. The number of nitrogens with one attached hydrogen (secondary N) is 2. The van der Waals surface area contributed by atoms with E-state index in [9.17, 15) is 4.79 Å². The Labute approximate surface area is 100 Å². The van der Waals surface area contributed by atoms with Crippen LogP contribution in [0.3, 0.4) is 0 Å². The molecule has 15 heavy (non-hydrogen) atoms. The molecule has 0 amide bonds. The first-order chi connectivity index (χ1) is 7.27. The standard InChI is InChI=1S/C8H11IN4O2/c9-6-7(10-5-11-8(6)14)12-13-1-3-15-4-2-13/h5H,1-4H2,(H2,10,11,12,14). The monoisotopic (exact) mass is 322 g/mol. The van der Waals surface area contributed by atoms with Gasteiger partial charge in [-0.3, -0.25) is 4.79 Å². The fourth-order valence-electron chi connectivity index (χ4n) is 1.29. The molecule has 0 atom stereocenters. The highest BCUT2D eigenvalue weighted by molar-refractivity contribution is 14.1. The molecule has 2 rings (SSSR count). The van der Waals surface area contributed by atoms with Gasteiger partial charge in [-0.2, -0.15) is 0 Å². The Bertz CT molecular complexity index is 388. The number of hydrogen-bond acceptors (Lipinski definition) is 5. The highest BCUT2D eigenvalue weighted by Crippen LogP contribution is 2.10. The molecule has 1 aromatic rings. The van der Waals surface area contributed by atoms with Gasteiger partial charge in [0.1, 0.15) is 3.57 Å². The molecule has 0 bridgehead atoms. The van der Waals surface area contributed by atoms with Crippen molar-refractivity contribution >= 4 is 28.4 Å². The fourth-order valence-corrected chi connectivity index (χ4v) is 1.70. The van der Waals surface area contributed by atoms with Gasteiger partial charge in [-0.15, -0.1) is 0 Å². The average Bonchev–Trinajstić information content (AvgIpc) is 2.26. The molecule has 6 nitrogen and oxygen atoms in total. The number of ether oxygens (including phenoxy) is 1. The van der Waals surface area contributed by atoms with E-state index in [1.165, 1.54) is 6.33 Å². The van der Waals surface area contributed by atoms with Crippen LogP contribution in [0.5, 0.6) is 0 Å². The minimum absolute atomic E-state index is 0.124. The minimum Gasteiger partial charge on any atom is -0.379 e. The molecule has 7 heteroatoms. The number of morpholine rings is 1. The summed E-state index contributed by atoms with van der Waals surface area (Å²) in [6.07, 6.45) is 1.40. The second-order valence-corrected chi connectivity index (χ2v) is 4.18. The summed E-state index contributed by atoms with van der Waals surface area (Å²) in [5.74, 6) is 0.598. The van der Waals surface area contributed by atoms with E-state index in [0.29, 0.717) is 22.6 Å². The van der Waals surface area contributed by atoms with Gasteiger partial charge in [-0.1, -0.05) is 0 Å². The molecule has 1 aliphatic heterocycles. The Morgan fingerprint density at radius 1 is 1.53 bits per heavy atom. The van der Waals surface area contributed by atoms with E-state index in [1.54, 1.807) is 0 Å². The van der Waals surface area contributed by atoms with Crippen molar-refractivity contribution in [2.45, 2.75) is 0 Å². The lowest BCUT2D eigenvalue weighted by Gasteiger charge is -2.27. The maximum atomic E-state index is 11.3. The van der Waals surface area contributed by atoms with Crippen LogP contribution in [-0.4, -0.2) is 41.3 Å². The largest absolute Gasteiger partial charge is 0.379 e. The summed E-state index contributed by atoms with van der Waals surface area (Å²) in [5, 5.41) is 1.99. The van der Waals surface area contributed by atoms with Crippen LogP contribution in [-0.2, 0) is 4.74 Å². The van der Waals surface area contributed by atoms with Crippen LogP contribution in [0.1, 0.15) is 0 Å². The van der Waals surface area contributed by atoms with E-state index in [1.807, 2.05) is 27.6 Å². The lowest BCUT2D eigenvalue weighted by molar-refractivity contribution is 0.0494. The number of hydrazine groups is 1. The van der Waals surface area contributed by atoms with E-state index in [2.05, 4.69) is 15.4 Å². The zero-order chi connectivity index (χ0) is 10.7. The van der Waals surface area contributed by atoms with Gasteiger partial charge >= 0.3 is 0 Å². The molecule has 0 unspecified atom stereocenters. The van der Waals surface area contributed by atoms with Gasteiger partial charge in [-0.05, 0) is 22.6 Å². The maximum absolute atomic E-state index is 11.3. The van der Waals surface area contributed by atoms with Crippen LogP contribution in [0.2, 0.25) is 0 Å². The summed E-state index contributed by atoms with van der Waals surface area (Å²) in [7, 11) is 0. The van der Waals surface area contributed by atoms with Crippen LogP contribution in [0.4, 0.5) is 5.82 Å². The molecule has 0 aliphatic carbocycles. The molecule has 0 aromatic carbocycles. The van der Waals surface area contributed by atoms with Crippen LogP contribution < -0.4 is 11.0 Å². The Morgan fingerprint density at radius 2 is 2.27 bits per heavy atom. The smallest absolute Gasteiger partial charge is 0.266 e. The van der Waals surface area contributed by atoms with Crippen molar-refractivity contribution < 1.29 is 4.74 Å². The van der Waals surface area contributed by atoms with Gasteiger partial charge in [0.05, 0.1) is 19.5 Å². The van der Waals surface area contributed by atoms with E-state index >= 15 is 0 Å². The number of hydrogen-bond donors (Lipinski definition) is 2. The second kappa shape index (κ2) is 4.90. The summed E-state index contributed by atoms with van der Waals surface area (Å²) < 4.78 is 5.79. The molecule has 82 valence electrons. The van der Waals surface area contributed by atoms with E-state index in [0.717, 1.165) is 13.1 Å². The predicted molar refractivity (Wildman–Crippen MR) is 63.6 cm³/mol. The highest BCUT2D eigenvalue weighted by atomic mass is 127. The first-order valence-electron chi connectivity index (χ1n) is 4.60. The van der Waals surface area contributed by atoms with Crippen LogP contribution in [0.15, 0.2) is 11.1 Å². The third-order valence-electron chi connectivity index (χ3n) is 2.07. The molecular weight excluding hydrogens is 311 g/mol. The topological polar surface area (TPSA) is 70.2 Å². The number of aromatic amines is 1. The maximum Gasteiger partial charge on any atom is 0.266 e. The molecule has 0 spiro atoms. The van der Waals surface area contributed by atoms with Crippen molar-refractivity contribution in [3.05, 3.63) is 20.3 Å². The third kappa shape index (κ3) is 2.67. The molecule has 1 fully saturated rings. The number of halogens is 1. The van der Waals surface area contributed by atoms with E-state index < -0.39 is 0 Å². The van der Waals surface area contributed by atoms with Crippen molar-refractivity contribution in [3.63, 3.8) is 0 Å². The van der Waals surface area contributed by atoms with Crippen molar-refractivity contribution in [1.82, 2.24) is 15.0 Å². The molecule has 0 radical (unpaired) electrons. The lowest BCUT2D eigenvalue weighted by atomic mass is 10.5. The van der Waals surface area contributed by atoms with Crippen molar-refractivity contribution in [3.8, 4) is 0 Å². The highest BCUT2D eigenvalue weighted by Gasteiger charge is 2.12. The van der Waals surface area contributed by atoms with Gasteiger partial charge in [-0.25, -0.2) is 9.99 Å². The molecular formula is C8H11IN4O2. The van der Waals surface area contributed by atoms with Crippen LogP contribution in [0.25, 0.3) is 0 Å². The van der Waals surface area contributed by atoms with Crippen molar-refractivity contribution in [2.24, 2.45) is 0 Å². The van der Waals surface area contributed by atoms with Crippen LogP contribution in [0, 0.1) is 3.57 Å². The third-order valence-corrected chi connectivity index (χ3v) is 3.07. The minimum atomic E-state index is -0.124. The Hall–Kier alpha value is -0.670. The zero-order valence-corrected chi connectivity index (χ0v) is 10.2. The van der Waals surface area contributed by atoms with E-state index in [4.69, 9.17) is 4.74 Å². The summed E-state index contributed by atoms with van der Waals surface area (Å²) in [6, 6.07) is 0. The zero-order valence-electron chi connectivity index (χ0n) is 7.99. The number of nitrogens with zero attached hydrogens (tertiary/aromatic N) is 2. The normalized spacial score (nSPS) is 17.7. The summed E-state index contributed by atoms with van der Waals surface area (Å²) in [4.78, 5) is 17.9. The molecule has 2 heterocycles. The number of rotatable bonds is 2. The van der Waals surface area contributed by atoms with Gasteiger partial charge in [0.15, 0.2) is 5.82 Å². The van der Waals surface area contributed by atoms with Gasteiger partial charge < -0.3 is 15.1 Å². The average molecular weight is 322 g/mol. The van der Waals surface area contributed by atoms with Gasteiger partial charge in [0.25, 0.3) is 5.56 Å². The number of aromatic nitrogens is 2. The fraction of sp³-hybridized carbons (Fsp3) is 0.500.